The summed E-state index contributed by atoms with van der Waals surface area (Å²) in [6.45, 7) is 2.18. The van der Waals surface area contributed by atoms with Gasteiger partial charge in [0.1, 0.15) is 22.2 Å². The smallest absolute Gasteiger partial charge is 0.343 e. The Balaban J connectivity index is 1.50. The van der Waals surface area contributed by atoms with E-state index in [1.54, 1.807) is 72.8 Å². The highest BCUT2D eigenvalue weighted by Gasteiger charge is 2.40. The molecule has 4 rings (SSSR count). The summed E-state index contributed by atoms with van der Waals surface area (Å²) < 4.78 is 10.9. The molecule has 7 nitrogen and oxygen atoms in total. The van der Waals surface area contributed by atoms with Crippen molar-refractivity contribution in [3.8, 4) is 11.5 Å². The van der Waals surface area contributed by atoms with Crippen LogP contribution in [0.4, 0.5) is 11.4 Å². The van der Waals surface area contributed by atoms with Crippen LogP contribution in [0.1, 0.15) is 17.3 Å². The predicted molar refractivity (Wildman–Crippen MR) is 124 cm³/mol. The standard InChI is InChI=1S/C25H19ClN2O5/c1-2-32-20-11-7-6-10-19(20)28-23(29)21(26)22(24(28)30)27-17-14-12-16(13-15-17)25(31)33-18-8-4-3-5-9-18/h3-15,27H,2H2,1H3. The number of hydrogen-bond donors (Lipinski definition) is 1. The summed E-state index contributed by atoms with van der Waals surface area (Å²) in [4.78, 5) is 39.1. The molecule has 166 valence electrons. The summed E-state index contributed by atoms with van der Waals surface area (Å²) in [6.07, 6.45) is 0. The van der Waals surface area contributed by atoms with E-state index >= 15 is 0 Å². The van der Waals surface area contributed by atoms with Crippen LogP contribution in [0.3, 0.4) is 0 Å². The second-order valence-electron chi connectivity index (χ2n) is 6.94. The molecule has 0 saturated heterocycles. The fraction of sp³-hybridized carbons (Fsp3) is 0.0800. The van der Waals surface area contributed by atoms with Crippen molar-refractivity contribution in [2.24, 2.45) is 0 Å². The lowest BCUT2D eigenvalue weighted by Gasteiger charge is -2.18. The first kappa shape index (κ1) is 22.1. The summed E-state index contributed by atoms with van der Waals surface area (Å²) in [7, 11) is 0. The minimum absolute atomic E-state index is 0.0624. The number of esters is 1. The van der Waals surface area contributed by atoms with E-state index in [1.807, 2.05) is 13.0 Å². The number of carbonyl (C=O) groups is 3. The Kier molecular flexibility index (Phi) is 6.42. The molecule has 0 radical (unpaired) electrons. The third-order valence-electron chi connectivity index (χ3n) is 4.78. The number of carbonyl (C=O) groups excluding carboxylic acids is 3. The number of rotatable bonds is 7. The molecule has 0 aliphatic carbocycles. The molecule has 1 heterocycles. The third kappa shape index (κ3) is 4.58. The van der Waals surface area contributed by atoms with E-state index in [9.17, 15) is 14.4 Å². The van der Waals surface area contributed by atoms with Gasteiger partial charge >= 0.3 is 5.97 Å². The first-order chi connectivity index (χ1) is 16.0. The molecule has 1 aliphatic rings. The van der Waals surface area contributed by atoms with Crippen molar-refractivity contribution in [2.75, 3.05) is 16.8 Å². The number of ether oxygens (including phenoxy) is 2. The van der Waals surface area contributed by atoms with Crippen LogP contribution in [0.2, 0.25) is 0 Å². The van der Waals surface area contributed by atoms with Gasteiger partial charge in [-0.3, -0.25) is 9.59 Å². The summed E-state index contributed by atoms with van der Waals surface area (Å²) >= 11 is 6.21. The molecule has 0 spiro atoms. The van der Waals surface area contributed by atoms with Gasteiger partial charge in [-0.15, -0.1) is 0 Å². The molecule has 3 aromatic rings. The Hall–Kier alpha value is -4.10. The molecule has 1 N–H and O–H groups in total. The molecule has 0 unspecified atom stereocenters. The fourth-order valence-electron chi connectivity index (χ4n) is 3.24. The molecular formula is C25H19ClN2O5. The largest absolute Gasteiger partial charge is 0.492 e. The second kappa shape index (κ2) is 9.58. The number of anilines is 2. The first-order valence-corrected chi connectivity index (χ1v) is 10.5. The zero-order chi connectivity index (χ0) is 23.4. The number of nitrogens with one attached hydrogen (secondary N) is 1. The topological polar surface area (TPSA) is 84.9 Å². The predicted octanol–water partition coefficient (Wildman–Crippen LogP) is 4.74. The highest BCUT2D eigenvalue weighted by atomic mass is 35.5. The van der Waals surface area contributed by atoms with Gasteiger partial charge in [-0.1, -0.05) is 41.9 Å². The van der Waals surface area contributed by atoms with Crippen molar-refractivity contribution < 1.29 is 23.9 Å². The fourth-order valence-corrected chi connectivity index (χ4v) is 3.45. The lowest BCUT2D eigenvalue weighted by Crippen LogP contribution is -2.32. The zero-order valence-electron chi connectivity index (χ0n) is 17.6. The van der Waals surface area contributed by atoms with E-state index in [-0.39, 0.29) is 10.7 Å². The molecule has 0 atom stereocenters. The maximum Gasteiger partial charge on any atom is 0.343 e. The van der Waals surface area contributed by atoms with Crippen LogP contribution in [0.15, 0.2) is 89.6 Å². The second-order valence-corrected chi connectivity index (χ2v) is 7.32. The van der Waals surface area contributed by atoms with Crippen molar-refractivity contribution in [2.45, 2.75) is 6.92 Å². The number of benzene rings is 3. The third-order valence-corrected chi connectivity index (χ3v) is 5.13. The highest BCUT2D eigenvalue weighted by Crippen LogP contribution is 2.35. The van der Waals surface area contributed by atoms with Gasteiger partial charge in [0.25, 0.3) is 11.8 Å². The van der Waals surface area contributed by atoms with Crippen LogP contribution < -0.4 is 19.7 Å². The van der Waals surface area contributed by atoms with E-state index < -0.39 is 17.8 Å². The van der Waals surface area contributed by atoms with Crippen LogP contribution in [0.5, 0.6) is 11.5 Å². The van der Waals surface area contributed by atoms with E-state index in [2.05, 4.69) is 5.32 Å². The molecule has 0 aromatic heterocycles. The quantitative estimate of drug-likeness (QED) is 0.310. The SMILES string of the molecule is CCOc1ccccc1N1C(=O)C(Cl)=C(Nc2ccc(C(=O)Oc3ccccc3)cc2)C1=O. The highest BCUT2D eigenvalue weighted by molar-refractivity contribution is 6.53. The maximum atomic E-state index is 13.0. The van der Waals surface area contributed by atoms with Crippen molar-refractivity contribution in [3.05, 3.63) is 95.2 Å². The van der Waals surface area contributed by atoms with Crippen molar-refractivity contribution in [1.82, 2.24) is 0 Å². The molecule has 2 amide bonds. The van der Waals surface area contributed by atoms with Crippen molar-refractivity contribution in [3.63, 3.8) is 0 Å². The number of halogens is 1. The number of nitrogens with zero attached hydrogens (tertiary/aromatic N) is 1. The Morgan fingerprint density at radius 3 is 2.27 bits per heavy atom. The minimum Gasteiger partial charge on any atom is -0.492 e. The Morgan fingerprint density at radius 1 is 0.909 bits per heavy atom. The number of amides is 2. The Bertz CT molecular complexity index is 1240. The molecule has 33 heavy (non-hydrogen) atoms. The molecule has 3 aromatic carbocycles. The van der Waals surface area contributed by atoms with E-state index in [4.69, 9.17) is 21.1 Å². The van der Waals surface area contributed by atoms with Crippen LogP contribution in [0.25, 0.3) is 0 Å². The minimum atomic E-state index is -0.653. The maximum absolute atomic E-state index is 13.0. The summed E-state index contributed by atoms with van der Waals surface area (Å²) in [5, 5.41) is 2.64. The summed E-state index contributed by atoms with van der Waals surface area (Å²) in [5.41, 5.74) is 1.04. The molecule has 8 heteroatoms. The van der Waals surface area contributed by atoms with Crippen LogP contribution in [0, 0.1) is 0 Å². The molecule has 0 fully saturated rings. The first-order valence-electron chi connectivity index (χ1n) is 10.1. The van der Waals surface area contributed by atoms with Crippen molar-refractivity contribution in [1.29, 1.82) is 0 Å². The lowest BCUT2D eigenvalue weighted by atomic mass is 10.2. The van der Waals surface area contributed by atoms with Crippen LogP contribution >= 0.6 is 11.6 Å². The Labute approximate surface area is 195 Å². The number of imide groups is 1. The van der Waals surface area contributed by atoms with Gasteiger partial charge in [0.2, 0.25) is 0 Å². The Morgan fingerprint density at radius 2 is 1.58 bits per heavy atom. The van der Waals surface area contributed by atoms with Gasteiger partial charge in [0, 0.05) is 5.69 Å². The van der Waals surface area contributed by atoms with Gasteiger partial charge in [0.15, 0.2) is 0 Å². The molecule has 0 saturated carbocycles. The zero-order valence-corrected chi connectivity index (χ0v) is 18.3. The van der Waals surface area contributed by atoms with Gasteiger partial charge in [-0.25, -0.2) is 9.69 Å². The van der Waals surface area contributed by atoms with Gasteiger partial charge in [-0.05, 0) is 55.5 Å². The van der Waals surface area contributed by atoms with Crippen LogP contribution in [-0.4, -0.2) is 24.4 Å². The van der Waals surface area contributed by atoms with Crippen molar-refractivity contribution >= 4 is 40.8 Å². The molecular weight excluding hydrogens is 444 g/mol. The van der Waals surface area contributed by atoms with Gasteiger partial charge in [0.05, 0.1) is 17.9 Å². The number of para-hydroxylation sites is 3. The summed E-state index contributed by atoms with van der Waals surface area (Å²) in [5.74, 6) is -0.947. The van der Waals surface area contributed by atoms with Crippen LogP contribution in [-0.2, 0) is 9.59 Å². The average molecular weight is 463 g/mol. The lowest BCUT2D eigenvalue weighted by molar-refractivity contribution is -0.120. The molecule has 0 bridgehead atoms. The van der Waals surface area contributed by atoms with E-state index in [0.29, 0.717) is 35.0 Å². The monoisotopic (exact) mass is 462 g/mol. The van der Waals surface area contributed by atoms with E-state index in [0.717, 1.165) is 4.90 Å². The van der Waals surface area contributed by atoms with Gasteiger partial charge in [-0.2, -0.15) is 0 Å². The number of hydrogen-bond acceptors (Lipinski definition) is 6. The normalized spacial score (nSPS) is 13.3. The summed E-state index contributed by atoms with van der Waals surface area (Å²) in [6, 6.07) is 21.7. The average Bonchev–Trinajstić information content (AvgIpc) is 3.04. The molecule has 1 aliphatic heterocycles. The van der Waals surface area contributed by atoms with E-state index in [1.165, 1.54) is 0 Å². The van der Waals surface area contributed by atoms with Gasteiger partial charge < -0.3 is 14.8 Å².